The SMILES string of the molecule is C[C@H](CC[C@@H](O[C@@H]1O[C@H](CO[C@@H]2O[C@H](CO)[C@@H](O)[C@H](O)[C@H]2O)[C@@H](O)[C@H](O)[C@H]1O)C(C)(C)O)[C@H]1CC[C@@]2(C)[C@@H]3CC=C4[C@@H](CC[C@H](O[C@@H]5O[C@H](CO[C@@H]6O[C@H](CO)C[C@H](O)[C@H]6O)[C@@H](O)[C@H](O)[C@H]5O[C@@H]5O[C@H](CO)[C@@H](O)[C@H](O)[C@H]5O)C4(C)C)[C@]3(C)C(=O)C[C@]12C. The molecule has 0 radical (unpaired) electrons. The van der Waals surface area contributed by atoms with Crippen LogP contribution in [0, 0.1) is 45.3 Å². The van der Waals surface area contributed by atoms with Crippen molar-refractivity contribution in [2.75, 3.05) is 33.0 Å². The Balaban J connectivity index is 0.886. The lowest BCUT2D eigenvalue weighted by Gasteiger charge is -2.65. The molecule has 5 aliphatic heterocycles. The highest BCUT2D eigenvalue weighted by Crippen LogP contribution is 2.74. The Labute approximate surface area is 511 Å². The molecule has 88 heavy (non-hydrogen) atoms. The van der Waals surface area contributed by atoms with Crippen molar-refractivity contribution in [3.8, 4) is 0 Å². The first-order valence-corrected chi connectivity index (χ1v) is 31.3. The minimum atomic E-state index is -1.90. The highest BCUT2D eigenvalue weighted by molar-refractivity contribution is 5.88. The van der Waals surface area contributed by atoms with E-state index in [0.29, 0.717) is 32.1 Å². The lowest BCUT2D eigenvalue weighted by atomic mass is 9.38. The molecule has 5 saturated heterocycles. The van der Waals surface area contributed by atoms with Crippen molar-refractivity contribution in [1.29, 1.82) is 0 Å². The fourth-order valence-electron chi connectivity index (χ4n) is 16.7. The average molecular weight is 1270 g/mol. The van der Waals surface area contributed by atoms with Crippen molar-refractivity contribution in [3.05, 3.63) is 11.6 Å². The van der Waals surface area contributed by atoms with Crippen molar-refractivity contribution in [2.24, 2.45) is 45.3 Å². The lowest BCUT2D eigenvalue weighted by Crippen LogP contribution is -2.66. The van der Waals surface area contributed by atoms with Gasteiger partial charge in [0.25, 0.3) is 0 Å². The number of carbonyl (C=O) groups excluding carboxylic acids is 1. The largest absolute Gasteiger partial charge is 0.394 e. The van der Waals surface area contributed by atoms with E-state index in [1.54, 1.807) is 0 Å². The Morgan fingerprint density at radius 1 is 0.580 bits per heavy atom. The monoisotopic (exact) mass is 1270 g/mol. The first-order chi connectivity index (χ1) is 41.2. The van der Waals surface area contributed by atoms with E-state index in [0.717, 1.165) is 18.4 Å². The van der Waals surface area contributed by atoms with Crippen molar-refractivity contribution in [3.63, 3.8) is 0 Å². The molecule has 8 fully saturated rings. The normalized spacial score (nSPS) is 50.6. The molecule has 0 bridgehead atoms. The second-order valence-corrected chi connectivity index (χ2v) is 28.4. The number of hydrogen-bond acceptors (Lipinski definition) is 28. The Morgan fingerprint density at radius 3 is 1.68 bits per heavy atom. The fraction of sp³-hybridized carbons (Fsp3) is 0.950. The molecule has 0 spiro atoms. The minimum Gasteiger partial charge on any atom is -0.394 e. The Bertz CT molecular complexity index is 2360. The molecule has 5 heterocycles. The molecule has 28 heteroatoms. The van der Waals surface area contributed by atoms with Crippen LogP contribution in [-0.2, 0) is 52.2 Å². The number of aliphatic hydroxyl groups is 17. The first-order valence-electron chi connectivity index (χ1n) is 31.3. The molecule has 0 aromatic heterocycles. The zero-order valence-corrected chi connectivity index (χ0v) is 51.4. The summed E-state index contributed by atoms with van der Waals surface area (Å²) in [4.78, 5) is 15.4. The smallest absolute Gasteiger partial charge is 0.187 e. The van der Waals surface area contributed by atoms with Crippen LogP contribution in [0.2, 0.25) is 0 Å². The fourth-order valence-corrected chi connectivity index (χ4v) is 16.7. The number of Topliss-reactive ketones (excluding diaryl/α,β-unsaturated/α-hetero) is 1. The molecule has 0 aromatic rings. The summed E-state index contributed by atoms with van der Waals surface area (Å²) in [6.07, 6.45) is -33.7. The van der Waals surface area contributed by atoms with Crippen molar-refractivity contribution in [1.82, 2.24) is 0 Å². The third-order valence-electron chi connectivity index (χ3n) is 22.5. The van der Waals surface area contributed by atoms with E-state index in [-0.39, 0.29) is 47.7 Å². The molecular weight excluding hydrogens is 1170 g/mol. The maximum atomic E-state index is 15.4. The minimum absolute atomic E-state index is 0.0112. The topological polar surface area (TPSA) is 453 Å². The third kappa shape index (κ3) is 12.9. The lowest BCUT2D eigenvalue weighted by molar-refractivity contribution is -0.378. The van der Waals surface area contributed by atoms with Gasteiger partial charge in [-0.15, -0.1) is 0 Å². The number of fused-ring (bicyclic) bond motifs is 5. The number of aliphatic hydroxyl groups excluding tert-OH is 16. The number of ether oxygens (including phenoxy) is 10. The molecule has 0 aromatic carbocycles. The van der Waals surface area contributed by atoms with Crippen LogP contribution in [0.3, 0.4) is 0 Å². The van der Waals surface area contributed by atoms with Crippen LogP contribution in [0.1, 0.15) is 113 Å². The number of carbonyl (C=O) groups is 1. The molecule has 17 N–H and O–H groups in total. The summed E-state index contributed by atoms with van der Waals surface area (Å²) in [6.45, 7) is 12.8. The van der Waals surface area contributed by atoms with Gasteiger partial charge >= 0.3 is 0 Å². The van der Waals surface area contributed by atoms with E-state index >= 15 is 4.79 Å². The zero-order chi connectivity index (χ0) is 64.7. The van der Waals surface area contributed by atoms with E-state index in [9.17, 15) is 86.8 Å². The molecular formula is C60H100O28. The summed E-state index contributed by atoms with van der Waals surface area (Å²) in [5, 5.41) is 182. The van der Waals surface area contributed by atoms with Gasteiger partial charge in [-0.05, 0) is 93.3 Å². The summed E-state index contributed by atoms with van der Waals surface area (Å²) in [6, 6.07) is 0. The van der Waals surface area contributed by atoms with Gasteiger partial charge in [0.05, 0.1) is 63.1 Å². The molecule has 3 saturated carbocycles. The van der Waals surface area contributed by atoms with Gasteiger partial charge < -0.3 is 134 Å². The molecule has 33 atom stereocenters. The molecule has 0 amide bonds. The molecule has 508 valence electrons. The number of ketones is 1. The van der Waals surface area contributed by atoms with Gasteiger partial charge in [0.1, 0.15) is 110 Å². The molecule has 4 aliphatic carbocycles. The highest BCUT2D eigenvalue weighted by atomic mass is 16.8. The second kappa shape index (κ2) is 27.2. The predicted molar refractivity (Wildman–Crippen MR) is 298 cm³/mol. The van der Waals surface area contributed by atoms with E-state index in [2.05, 4.69) is 33.8 Å². The Morgan fingerprint density at radius 2 is 1.10 bits per heavy atom. The van der Waals surface area contributed by atoms with Crippen LogP contribution in [0.15, 0.2) is 11.6 Å². The number of hydrogen-bond donors (Lipinski definition) is 17. The standard InChI is InChI=1S/C60H100O28/c1-24(9-13-37(57(4,5)78)87-53-48(76)45(73)41(69)32(84-53)22-80-52-47(75)43(71)39(67)30(20-62)82-52)26-15-16-58(6)34-12-10-27-28(60(34,8)35(65)18-59(26,58)7)11-14-36(56(27,2)3)86-55-50(88-54-49(77)44(72)40(68)31(21-63)83-54)46(74)42(70)33(85-55)23-79-51-38(66)29(64)17-25(19-61)81-51/h10,24-26,28-34,36-55,61-64,66-78H,9,11-23H2,1-8H3/t24-,25+,26-,28-,29+,30-,31-,32-,33-,34+,36+,37-,38-,39-,40-,41-,42-,43+,44+,45+,46+,47-,48-,49-,50-,51-,52-,53+,54+,55+,58+,59-,60+/m1/s1. The second-order valence-electron chi connectivity index (χ2n) is 28.4. The van der Waals surface area contributed by atoms with Crippen LogP contribution in [-0.4, -0.2) is 291 Å². The highest BCUT2D eigenvalue weighted by Gasteiger charge is 2.71. The third-order valence-corrected chi connectivity index (χ3v) is 22.5. The summed E-state index contributed by atoms with van der Waals surface area (Å²) in [5.41, 5.74) is -2.93. The zero-order valence-electron chi connectivity index (χ0n) is 51.4. The van der Waals surface area contributed by atoms with Gasteiger partial charge in [-0.2, -0.15) is 0 Å². The summed E-state index contributed by atoms with van der Waals surface area (Å²) >= 11 is 0. The van der Waals surface area contributed by atoms with Crippen LogP contribution in [0.25, 0.3) is 0 Å². The maximum absolute atomic E-state index is 15.4. The maximum Gasteiger partial charge on any atom is 0.187 e. The van der Waals surface area contributed by atoms with E-state index < -0.39 is 215 Å². The first kappa shape index (κ1) is 70.6. The van der Waals surface area contributed by atoms with Crippen molar-refractivity contribution < 1.29 is 139 Å². The van der Waals surface area contributed by atoms with E-state index in [1.807, 2.05) is 13.8 Å². The van der Waals surface area contributed by atoms with Gasteiger partial charge in [-0.3, -0.25) is 4.79 Å². The molecule has 9 rings (SSSR count). The average Bonchev–Trinajstić information content (AvgIpc) is 1.28. The van der Waals surface area contributed by atoms with Gasteiger partial charge in [0.2, 0.25) is 0 Å². The quantitative estimate of drug-likeness (QED) is 0.0514. The molecule has 28 nitrogen and oxygen atoms in total. The van der Waals surface area contributed by atoms with Crippen molar-refractivity contribution >= 4 is 5.78 Å². The van der Waals surface area contributed by atoms with E-state index in [4.69, 9.17) is 47.4 Å². The van der Waals surface area contributed by atoms with Gasteiger partial charge in [0, 0.05) is 23.7 Å². The van der Waals surface area contributed by atoms with Crippen LogP contribution in [0.4, 0.5) is 0 Å². The summed E-state index contributed by atoms with van der Waals surface area (Å²) in [7, 11) is 0. The van der Waals surface area contributed by atoms with Crippen LogP contribution >= 0.6 is 0 Å². The number of allylic oxidation sites excluding steroid dienone is 1. The van der Waals surface area contributed by atoms with Crippen LogP contribution in [0.5, 0.6) is 0 Å². The van der Waals surface area contributed by atoms with Gasteiger partial charge in [0.15, 0.2) is 31.5 Å². The molecule has 9 aliphatic rings. The molecule has 0 unspecified atom stereocenters. The van der Waals surface area contributed by atoms with E-state index in [1.165, 1.54) is 13.8 Å². The summed E-state index contributed by atoms with van der Waals surface area (Å²) in [5.74, 6) is -0.101. The van der Waals surface area contributed by atoms with Crippen LogP contribution < -0.4 is 0 Å². The Kier molecular flexibility index (Phi) is 21.8. The Hall–Kier alpha value is -1.67. The predicted octanol–water partition coefficient (Wildman–Crippen LogP) is -4.17. The number of rotatable bonds is 20. The van der Waals surface area contributed by atoms with Crippen molar-refractivity contribution in [2.45, 2.75) is 278 Å². The van der Waals surface area contributed by atoms with Gasteiger partial charge in [-0.1, -0.05) is 53.2 Å². The van der Waals surface area contributed by atoms with Gasteiger partial charge in [-0.25, -0.2) is 0 Å². The summed E-state index contributed by atoms with van der Waals surface area (Å²) < 4.78 is 59.6.